The van der Waals surface area contributed by atoms with Crippen molar-refractivity contribution in [1.82, 2.24) is 15.3 Å². The Morgan fingerprint density at radius 1 is 1.29 bits per heavy atom. The van der Waals surface area contributed by atoms with Gasteiger partial charge in [-0.3, -0.25) is 0 Å². The number of rotatable bonds is 3. The van der Waals surface area contributed by atoms with E-state index in [0.29, 0.717) is 6.04 Å². The average molecular weight is 227 g/mol. The molecule has 0 spiro atoms. The number of hydrogen-bond acceptors (Lipinski definition) is 2. The summed E-state index contributed by atoms with van der Waals surface area (Å²) in [5.74, 6) is 0.971. The van der Waals surface area contributed by atoms with E-state index in [0.717, 1.165) is 18.8 Å². The Morgan fingerprint density at radius 2 is 2.24 bits per heavy atom. The van der Waals surface area contributed by atoms with Gasteiger partial charge in [0.2, 0.25) is 0 Å². The van der Waals surface area contributed by atoms with Crippen molar-refractivity contribution in [3.05, 3.63) is 42.2 Å². The third-order valence-corrected chi connectivity index (χ3v) is 3.40. The molecular formula is C14H17N3. The maximum Gasteiger partial charge on any atom is 0.137 e. The highest BCUT2D eigenvalue weighted by Crippen LogP contribution is 2.22. The summed E-state index contributed by atoms with van der Waals surface area (Å²) in [5, 5.41) is 3.55. The molecule has 1 atom stereocenters. The lowest BCUT2D eigenvalue weighted by molar-refractivity contribution is 0.603. The van der Waals surface area contributed by atoms with Crippen LogP contribution >= 0.6 is 0 Å². The van der Waals surface area contributed by atoms with Crippen molar-refractivity contribution in [2.45, 2.75) is 25.3 Å². The maximum absolute atomic E-state index is 4.35. The Bertz CT molecular complexity index is 470. The van der Waals surface area contributed by atoms with Crippen LogP contribution in [0, 0.1) is 0 Å². The van der Waals surface area contributed by atoms with Crippen LogP contribution in [0.3, 0.4) is 0 Å². The second-order valence-corrected chi connectivity index (χ2v) is 4.59. The van der Waals surface area contributed by atoms with E-state index < -0.39 is 0 Å². The summed E-state index contributed by atoms with van der Waals surface area (Å²) in [4.78, 5) is 7.53. The van der Waals surface area contributed by atoms with E-state index >= 15 is 0 Å². The van der Waals surface area contributed by atoms with Gasteiger partial charge in [0.15, 0.2) is 0 Å². The van der Waals surface area contributed by atoms with Crippen LogP contribution in [0.15, 0.2) is 36.7 Å². The van der Waals surface area contributed by atoms with Gasteiger partial charge in [0.1, 0.15) is 5.82 Å². The molecule has 0 amide bonds. The second-order valence-electron chi connectivity index (χ2n) is 4.59. The van der Waals surface area contributed by atoms with Crippen LogP contribution in [0.5, 0.6) is 0 Å². The number of imidazole rings is 1. The predicted molar refractivity (Wildman–Crippen MR) is 68.8 cm³/mol. The smallest absolute Gasteiger partial charge is 0.137 e. The Morgan fingerprint density at radius 3 is 3.00 bits per heavy atom. The lowest BCUT2D eigenvalue weighted by Gasteiger charge is -2.12. The number of aromatic amines is 1. The Kier molecular flexibility index (Phi) is 2.92. The second kappa shape index (κ2) is 4.72. The van der Waals surface area contributed by atoms with Crippen LogP contribution in [0.1, 0.15) is 18.4 Å². The van der Waals surface area contributed by atoms with E-state index in [1.807, 2.05) is 6.20 Å². The Labute approximate surface area is 101 Å². The van der Waals surface area contributed by atoms with Gasteiger partial charge in [-0.1, -0.05) is 24.3 Å². The van der Waals surface area contributed by atoms with Crippen LogP contribution in [0.2, 0.25) is 0 Å². The lowest BCUT2D eigenvalue weighted by atomic mass is 9.99. The molecule has 3 rings (SSSR count). The first kappa shape index (κ1) is 10.5. The molecule has 1 aliphatic heterocycles. The summed E-state index contributed by atoms with van der Waals surface area (Å²) in [6.45, 7) is 1.16. The average Bonchev–Trinajstić information content (AvgIpc) is 3.01. The quantitative estimate of drug-likeness (QED) is 0.845. The molecule has 2 N–H and O–H groups in total. The van der Waals surface area contributed by atoms with Crippen LogP contribution in [0.25, 0.3) is 11.4 Å². The molecule has 1 aromatic carbocycles. The first-order valence-corrected chi connectivity index (χ1v) is 6.24. The molecule has 3 heteroatoms. The van der Waals surface area contributed by atoms with Gasteiger partial charge >= 0.3 is 0 Å². The molecule has 1 unspecified atom stereocenters. The molecule has 3 nitrogen and oxygen atoms in total. The summed E-state index contributed by atoms with van der Waals surface area (Å²) in [6.07, 6.45) is 7.36. The number of nitrogens with one attached hydrogen (secondary N) is 2. The number of nitrogens with zero attached hydrogens (tertiary/aromatic N) is 1. The van der Waals surface area contributed by atoms with Crippen molar-refractivity contribution in [1.29, 1.82) is 0 Å². The fourth-order valence-electron chi connectivity index (χ4n) is 2.54. The van der Waals surface area contributed by atoms with E-state index in [1.165, 1.54) is 24.0 Å². The molecule has 1 fully saturated rings. The highest BCUT2D eigenvalue weighted by atomic mass is 14.9. The minimum atomic E-state index is 0.631. The van der Waals surface area contributed by atoms with Gasteiger partial charge < -0.3 is 10.3 Å². The van der Waals surface area contributed by atoms with E-state index in [2.05, 4.69) is 39.6 Å². The number of hydrogen-bond donors (Lipinski definition) is 2. The molecule has 0 saturated carbocycles. The normalized spacial score (nSPS) is 19.6. The van der Waals surface area contributed by atoms with Gasteiger partial charge in [0.25, 0.3) is 0 Å². The van der Waals surface area contributed by atoms with Crippen LogP contribution < -0.4 is 5.32 Å². The fourth-order valence-corrected chi connectivity index (χ4v) is 2.54. The zero-order chi connectivity index (χ0) is 11.5. The largest absolute Gasteiger partial charge is 0.345 e. The van der Waals surface area contributed by atoms with Gasteiger partial charge in [-0.15, -0.1) is 0 Å². The van der Waals surface area contributed by atoms with Crippen molar-refractivity contribution >= 4 is 0 Å². The van der Waals surface area contributed by atoms with Gasteiger partial charge in [-0.05, 0) is 31.4 Å². The van der Waals surface area contributed by atoms with Crippen molar-refractivity contribution in [2.75, 3.05) is 6.54 Å². The molecule has 88 valence electrons. The standard InChI is InChI=1S/C14H17N3/c1-2-6-13(14-16-8-9-17-14)11(4-1)10-12-5-3-7-15-12/h1-2,4,6,8-9,12,15H,3,5,7,10H2,(H,16,17). The monoisotopic (exact) mass is 227 g/mol. The van der Waals surface area contributed by atoms with Crippen LogP contribution in [0.4, 0.5) is 0 Å². The maximum atomic E-state index is 4.35. The van der Waals surface area contributed by atoms with Crippen LogP contribution in [-0.4, -0.2) is 22.6 Å². The number of benzene rings is 1. The third kappa shape index (κ3) is 2.24. The van der Waals surface area contributed by atoms with E-state index in [-0.39, 0.29) is 0 Å². The first-order valence-electron chi connectivity index (χ1n) is 6.24. The van der Waals surface area contributed by atoms with Gasteiger partial charge in [0, 0.05) is 24.0 Å². The zero-order valence-electron chi connectivity index (χ0n) is 9.82. The topological polar surface area (TPSA) is 40.7 Å². The Hall–Kier alpha value is -1.61. The van der Waals surface area contributed by atoms with Gasteiger partial charge in [0.05, 0.1) is 0 Å². The van der Waals surface area contributed by atoms with Gasteiger partial charge in [-0.25, -0.2) is 4.98 Å². The van der Waals surface area contributed by atoms with Crippen molar-refractivity contribution < 1.29 is 0 Å². The summed E-state index contributed by atoms with van der Waals surface area (Å²) in [7, 11) is 0. The van der Waals surface area contributed by atoms with Crippen LogP contribution in [-0.2, 0) is 6.42 Å². The fraction of sp³-hybridized carbons (Fsp3) is 0.357. The SMILES string of the molecule is c1ccc(-c2ncc[nH]2)c(CC2CCCN2)c1. The molecule has 1 saturated heterocycles. The molecule has 17 heavy (non-hydrogen) atoms. The van der Waals surface area contributed by atoms with Gasteiger partial charge in [-0.2, -0.15) is 0 Å². The van der Waals surface area contributed by atoms with E-state index in [4.69, 9.17) is 0 Å². The summed E-state index contributed by atoms with van der Waals surface area (Å²) in [5.41, 5.74) is 2.60. The highest BCUT2D eigenvalue weighted by molar-refractivity contribution is 5.60. The molecule has 0 bridgehead atoms. The molecule has 1 aromatic heterocycles. The first-order chi connectivity index (χ1) is 8.43. The minimum absolute atomic E-state index is 0.631. The molecule has 1 aliphatic rings. The Balaban J connectivity index is 1.88. The third-order valence-electron chi connectivity index (χ3n) is 3.40. The molecule has 0 radical (unpaired) electrons. The lowest BCUT2D eigenvalue weighted by Crippen LogP contribution is -2.23. The minimum Gasteiger partial charge on any atom is -0.345 e. The summed E-state index contributed by atoms with van der Waals surface area (Å²) < 4.78 is 0. The van der Waals surface area contributed by atoms with Crippen molar-refractivity contribution in [3.63, 3.8) is 0 Å². The molecular weight excluding hydrogens is 210 g/mol. The summed E-state index contributed by atoms with van der Waals surface area (Å²) >= 11 is 0. The molecule has 2 aromatic rings. The van der Waals surface area contributed by atoms with Crippen molar-refractivity contribution in [2.24, 2.45) is 0 Å². The molecule has 2 heterocycles. The zero-order valence-corrected chi connectivity index (χ0v) is 9.82. The molecule has 0 aliphatic carbocycles. The van der Waals surface area contributed by atoms with Crippen molar-refractivity contribution in [3.8, 4) is 11.4 Å². The number of aromatic nitrogens is 2. The highest BCUT2D eigenvalue weighted by Gasteiger charge is 2.16. The number of H-pyrrole nitrogens is 1. The van der Waals surface area contributed by atoms with E-state index in [9.17, 15) is 0 Å². The van der Waals surface area contributed by atoms with E-state index in [1.54, 1.807) is 6.20 Å². The predicted octanol–water partition coefficient (Wildman–Crippen LogP) is 2.37. The summed E-state index contributed by atoms with van der Waals surface area (Å²) in [6, 6.07) is 9.16.